The monoisotopic (exact) mass is 516 g/mol. The third-order valence-corrected chi connectivity index (χ3v) is 5.21. The van der Waals surface area contributed by atoms with E-state index in [0.717, 1.165) is 70.6 Å². The van der Waals surface area contributed by atoms with Crippen molar-refractivity contribution in [1.29, 1.82) is 0 Å². The molecule has 0 aliphatic rings. The summed E-state index contributed by atoms with van der Waals surface area (Å²) in [6.07, 6.45) is 20.1. The molecule has 0 spiro atoms. The predicted molar refractivity (Wildman–Crippen MR) is 136 cm³/mol. The summed E-state index contributed by atoms with van der Waals surface area (Å²) in [5.74, 6) is 0. The molecule has 0 saturated heterocycles. The fourth-order valence-corrected chi connectivity index (χ4v) is 3.35. The SMILES string of the molecule is O=C=NCCCCC(CCCN=C=O)N=C=O.O=C=NCCCCCC(CCCCCN=C=O)N=C=O. The highest BCUT2D eigenvalue weighted by Crippen LogP contribution is 2.14. The Kier molecular flexibility index (Phi) is 30.9. The molecular weight excluding hydrogens is 480 g/mol. The molecule has 1 atom stereocenters. The van der Waals surface area contributed by atoms with Crippen LogP contribution in [0, 0.1) is 0 Å². The molecule has 0 bridgehead atoms. The molecule has 0 radical (unpaired) electrons. The number of nitrogens with zero attached hydrogens (tertiary/aromatic N) is 6. The van der Waals surface area contributed by atoms with Gasteiger partial charge in [0.05, 0.1) is 38.3 Å². The van der Waals surface area contributed by atoms with E-state index in [1.165, 1.54) is 24.3 Å². The van der Waals surface area contributed by atoms with Gasteiger partial charge in [0, 0.05) is 0 Å². The number of hydrogen-bond acceptors (Lipinski definition) is 12. The summed E-state index contributed by atoms with van der Waals surface area (Å²) < 4.78 is 0. The molecule has 0 aromatic carbocycles. The van der Waals surface area contributed by atoms with Crippen LogP contribution in [0.2, 0.25) is 0 Å². The smallest absolute Gasteiger partial charge is 0.211 e. The minimum atomic E-state index is -0.0884. The van der Waals surface area contributed by atoms with Gasteiger partial charge in [-0.15, -0.1) is 0 Å². The molecule has 0 heterocycles. The molecule has 0 fully saturated rings. The minimum Gasteiger partial charge on any atom is -0.211 e. The Balaban J connectivity index is 0. The van der Waals surface area contributed by atoms with Gasteiger partial charge in [0.25, 0.3) is 0 Å². The first-order valence-corrected chi connectivity index (χ1v) is 12.5. The van der Waals surface area contributed by atoms with Crippen molar-refractivity contribution < 1.29 is 28.8 Å². The van der Waals surface area contributed by atoms with Crippen LogP contribution in [0.25, 0.3) is 0 Å². The molecule has 37 heavy (non-hydrogen) atoms. The summed E-state index contributed by atoms with van der Waals surface area (Å²) in [6.45, 7) is 1.89. The van der Waals surface area contributed by atoms with E-state index in [-0.39, 0.29) is 12.1 Å². The molecule has 0 amide bonds. The quantitative estimate of drug-likeness (QED) is 0.113. The van der Waals surface area contributed by atoms with E-state index in [9.17, 15) is 28.8 Å². The highest BCUT2D eigenvalue weighted by Gasteiger charge is 2.07. The molecule has 0 aromatic heterocycles. The second-order valence-electron chi connectivity index (χ2n) is 7.98. The molecule has 0 saturated carbocycles. The van der Waals surface area contributed by atoms with Crippen LogP contribution >= 0.6 is 0 Å². The van der Waals surface area contributed by atoms with Gasteiger partial charge in [-0.2, -0.15) is 0 Å². The lowest BCUT2D eigenvalue weighted by Crippen LogP contribution is -2.05. The first-order valence-electron chi connectivity index (χ1n) is 12.5. The van der Waals surface area contributed by atoms with Crippen LogP contribution in [-0.4, -0.2) is 74.7 Å². The lowest BCUT2D eigenvalue weighted by molar-refractivity contribution is 0.490. The van der Waals surface area contributed by atoms with E-state index in [2.05, 4.69) is 30.0 Å². The van der Waals surface area contributed by atoms with Crippen LogP contribution in [0.5, 0.6) is 0 Å². The molecule has 202 valence electrons. The molecule has 12 heteroatoms. The number of unbranched alkanes of at least 4 members (excludes halogenated alkanes) is 5. The molecule has 12 nitrogen and oxygen atoms in total. The Hall–Kier alpha value is -3.72. The van der Waals surface area contributed by atoms with E-state index in [1.807, 2.05) is 0 Å². The van der Waals surface area contributed by atoms with Crippen molar-refractivity contribution in [1.82, 2.24) is 0 Å². The van der Waals surface area contributed by atoms with Crippen molar-refractivity contribution >= 4 is 36.5 Å². The maximum absolute atomic E-state index is 10.4. The van der Waals surface area contributed by atoms with Crippen molar-refractivity contribution in [2.24, 2.45) is 30.0 Å². The average Bonchev–Trinajstić information content (AvgIpc) is 2.90. The lowest BCUT2D eigenvalue weighted by Gasteiger charge is -2.09. The number of aliphatic imine (C=N–C) groups is 6. The van der Waals surface area contributed by atoms with E-state index >= 15 is 0 Å². The number of rotatable bonds is 23. The number of carbonyl (C=O) groups excluding carboxylic acids is 6. The number of isocyanates is 6. The molecule has 0 N–H and O–H groups in total. The van der Waals surface area contributed by atoms with Crippen LogP contribution in [0.15, 0.2) is 30.0 Å². The van der Waals surface area contributed by atoms with Gasteiger partial charge in [0.15, 0.2) is 0 Å². The van der Waals surface area contributed by atoms with Gasteiger partial charge >= 0.3 is 0 Å². The van der Waals surface area contributed by atoms with E-state index in [1.54, 1.807) is 12.2 Å². The van der Waals surface area contributed by atoms with Gasteiger partial charge in [0.1, 0.15) is 0 Å². The van der Waals surface area contributed by atoms with Crippen LogP contribution in [0.4, 0.5) is 0 Å². The first kappa shape index (κ1) is 35.4. The van der Waals surface area contributed by atoms with Crippen LogP contribution in [-0.2, 0) is 28.8 Å². The van der Waals surface area contributed by atoms with Crippen molar-refractivity contribution in [2.75, 3.05) is 26.2 Å². The molecule has 0 aliphatic carbocycles. The van der Waals surface area contributed by atoms with Gasteiger partial charge < -0.3 is 0 Å². The highest BCUT2D eigenvalue weighted by molar-refractivity contribution is 5.34. The van der Waals surface area contributed by atoms with Crippen molar-refractivity contribution in [3.63, 3.8) is 0 Å². The zero-order chi connectivity index (χ0) is 27.7. The first-order chi connectivity index (χ1) is 18.2. The minimum absolute atomic E-state index is 0.0247. The molecule has 0 aliphatic heterocycles. The fourth-order valence-electron chi connectivity index (χ4n) is 3.35. The summed E-state index contributed by atoms with van der Waals surface area (Å²) in [5, 5.41) is 0. The second-order valence-corrected chi connectivity index (χ2v) is 7.98. The lowest BCUT2D eigenvalue weighted by atomic mass is 10.0. The van der Waals surface area contributed by atoms with Gasteiger partial charge in [-0.25, -0.2) is 58.7 Å². The molecule has 1 unspecified atom stereocenters. The Bertz CT molecular complexity index is 831. The second kappa shape index (κ2) is 32.3. The summed E-state index contributed by atoms with van der Waals surface area (Å²) in [5.41, 5.74) is 0. The zero-order valence-corrected chi connectivity index (χ0v) is 21.3. The predicted octanol–water partition coefficient (Wildman–Crippen LogP) is 3.80. The van der Waals surface area contributed by atoms with Gasteiger partial charge in [-0.3, -0.25) is 0 Å². The third kappa shape index (κ3) is 30.2. The maximum Gasteiger partial charge on any atom is 0.235 e. The summed E-state index contributed by atoms with van der Waals surface area (Å²) in [7, 11) is 0. The average molecular weight is 517 g/mol. The topological polar surface area (TPSA) is 177 Å². The van der Waals surface area contributed by atoms with Crippen LogP contribution in [0.3, 0.4) is 0 Å². The van der Waals surface area contributed by atoms with Crippen molar-refractivity contribution in [3.8, 4) is 0 Å². The highest BCUT2D eigenvalue weighted by atomic mass is 16.1. The fraction of sp³-hybridized carbons (Fsp3) is 0.760. The van der Waals surface area contributed by atoms with Crippen molar-refractivity contribution in [2.45, 2.75) is 95.6 Å². The Labute approximate surface area is 217 Å². The number of hydrogen-bond donors (Lipinski definition) is 0. The zero-order valence-electron chi connectivity index (χ0n) is 21.3. The van der Waals surface area contributed by atoms with E-state index < -0.39 is 0 Å². The summed E-state index contributed by atoms with van der Waals surface area (Å²) in [6, 6.07) is -0.0637. The van der Waals surface area contributed by atoms with Gasteiger partial charge in [0.2, 0.25) is 36.5 Å². The maximum atomic E-state index is 10.4. The summed E-state index contributed by atoms with van der Waals surface area (Å²) >= 11 is 0. The van der Waals surface area contributed by atoms with Gasteiger partial charge in [-0.1, -0.05) is 25.7 Å². The molecule has 0 rings (SSSR count). The Morgan fingerprint density at radius 2 is 0.649 bits per heavy atom. The molecule has 0 aromatic rings. The third-order valence-electron chi connectivity index (χ3n) is 5.21. The van der Waals surface area contributed by atoms with E-state index in [0.29, 0.717) is 39.0 Å². The Morgan fingerprint density at radius 1 is 0.351 bits per heavy atom. The van der Waals surface area contributed by atoms with Crippen LogP contribution in [0.1, 0.15) is 83.5 Å². The van der Waals surface area contributed by atoms with Gasteiger partial charge in [-0.05, 0) is 57.8 Å². The van der Waals surface area contributed by atoms with Crippen LogP contribution < -0.4 is 0 Å². The van der Waals surface area contributed by atoms with E-state index in [4.69, 9.17) is 0 Å². The standard InChI is InChI=1S/C14H21N3O3.C11H15N3O3/c18-11-15-9-5-1-3-7-14(17-13-20)8-4-2-6-10-16-12-19;15-8-12-6-2-1-4-11(14-10-17)5-3-7-13-9-16/h14H,1-10H2;11H,1-7H2. The largest absolute Gasteiger partial charge is 0.235 e. The Morgan fingerprint density at radius 3 is 1.00 bits per heavy atom. The normalized spacial score (nSPS) is 10.7. The van der Waals surface area contributed by atoms with Crippen molar-refractivity contribution in [3.05, 3.63) is 0 Å². The molecular formula is C25H36N6O6. The summed E-state index contributed by atoms with van der Waals surface area (Å²) in [4.78, 5) is 81.2.